The lowest BCUT2D eigenvalue weighted by Gasteiger charge is -2.22. The lowest BCUT2D eigenvalue weighted by molar-refractivity contribution is 0.0944. The van der Waals surface area contributed by atoms with Crippen LogP contribution >= 0.6 is 11.6 Å². The quantitative estimate of drug-likeness (QED) is 0.653. The summed E-state index contributed by atoms with van der Waals surface area (Å²) in [5.74, 6) is 0.618. The number of nitrogens with one attached hydrogen (secondary N) is 2. The second-order valence-electron chi connectivity index (χ2n) is 7.40. The molecule has 0 radical (unpaired) electrons. The number of benzene rings is 2. The molecule has 3 rings (SSSR count). The van der Waals surface area contributed by atoms with Crippen molar-refractivity contribution >= 4 is 29.1 Å². The maximum absolute atomic E-state index is 12.9. The highest BCUT2D eigenvalue weighted by molar-refractivity contribution is 6.31. The lowest BCUT2D eigenvalue weighted by Crippen LogP contribution is -2.31. The molecule has 160 valence electrons. The van der Waals surface area contributed by atoms with Gasteiger partial charge in [0.05, 0.1) is 31.0 Å². The molecule has 0 bridgehead atoms. The van der Waals surface area contributed by atoms with Crippen molar-refractivity contribution in [1.29, 1.82) is 0 Å². The number of anilines is 1. The second kappa shape index (κ2) is 10.3. The summed E-state index contributed by atoms with van der Waals surface area (Å²) in [6, 6.07) is 9.88. The monoisotopic (exact) mass is 430 g/mol. The minimum absolute atomic E-state index is 0.254. The molecule has 1 saturated carbocycles. The number of carbonyl (C=O) groups is 2. The van der Waals surface area contributed by atoms with Crippen molar-refractivity contribution in [2.45, 2.75) is 32.1 Å². The summed E-state index contributed by atoms with van der Waals surface area (Å²) in [4.78, 5) is 25.8. The summed E-state index contributed by atoms with van der Waals surface area (Å²) in [5, 5.41) is 6.23. The van der Waals surface area contributed by atoms with Crippen LogP contribution < -0.4 is 20.1 Å². The molecule has 2 aromatic rings. The molecule has 30 heavy (non-hydrogen) atoms. The highest BCUT2D eigenvalue weighted by Gasteiger charge is 2.20. The summed E-state index contributed by atoms with van der Waals surface area (Å²) >= 11 is 6.12. The normalized spacial score (nSPS) is 14.1. The Morgan fingerprint density at radius 2 is 1.77 bits per heavy atom. The van der Waals surface area contributed by atoms with Crippen LogP contribution in [-0.2, 0) is 0 Å². The fourth-order valence-electron chi connectivity index (χ4n) is 3.79. The summed E-state index contributed by atoms with van der Waals surface area (Å²) in [5.41, 5.74) is 1.02. The van der Waals surface area contributed by atoms with Gasteiger partial charge < -0.3 is 20.1 Å². The van der Waals surface area contributed by atoms with Crippen LogP contribution in [0.25, 0.3) is 0 Å². The highest BCUT2D eigenvalue weighted by Crippen LogP contribution is 2.32. The number of rotatable bonds is 7. The zero-order valence-electron chi connectivity index (χ0n) is 17.3. The van der Waals surface area contributed by atoms with E-state index in [1.165, 1.54) is 33.5 Å². The van der Waals surface area contributed by atoms with Crippen molar-refractivity contribution in [1.82, 2.24) is 5.32 Å². The third kappa shape index (κ3) is 5.25. The first kappa shape index (κ1) is 22.0. The first-order valence-electron chi connectivity index (χ1n) is 10.1. The maximum atomic E-state index is 12.9. The van der Waals surface area contributed by atoms with Gasteiger partial charge in [0.25, 0.3) is 11.8 Å². The first-order valence-corrected chi connectivity index (χ1v) is 10.5. The van der Waals surface area contributed by atoms with E-state index in [2.05, 4.69) is 10.6 Å². The standard InChI is InChI=1S/C23H27ClN2O4/c1-29-20-10-6-9-17(21(20)30-2)23(28)26-19-12-11-16(24)13-18(19)22(27)25-14-15-7-4-3-5-8-15/h6,9-13,15H,3-5,7-8,14H2,1-2H3,(H,25,27)(H,26,28). The Hall–Kier alpha value is -2.73. The molecule has 1 aliphatic rings. The molecule has 0 atom stereocenters. The van der Waals surface area contributed by atoms with Crippen LogP contribution in [0.1, 0.15) is 52.8 Å². The van der Waals surface area contributed by atoms with Crippen LogP contribution in [0.2, 0.25) is 5.02 Å². The van der Waals surface area contributed by atoms with E-state index >= 15 is 0 Å². The van der Waals surface area contributed by atoms with Crippen LogP contribution in [-0.4, -0.2) is 32.6 Å². The Labute approximate surface area is 181 Å². The number of ether oxygens (including phenoxy) is 2. The summed E-state index contributed by atoms with van der Waals surface area (Å²) in [7, 11) is 2.98. The van der Waals surface area contributed by atoms with Gasteiger partial charge >= 0.3 is 0 Å². The van der Waals surface area contributed by atoms with Gasteiger partial charge in [0.1, 0.15) is 0 Å². The van der Waals surface area contributed by atoms with Crippen molar-refractivity contribution < 1.29 is 19.1 Å². The van der Waals surface area contributed by atoms with Crippen LogP contribution in [0, 0.1) is 5.92 Å². The van der Waals surface area contributed by atoms with Gasteiger partial charge in [-0.05, 0) is 49.1 Å². The predicted molar refractivity (Wildman–Crippen MR) is 118 cm³/mol. The van der Waals surface area contributed by atoms with Crippen LogP contribution in [0.5, 0.6) is 11.5 Å². The summed E-state index contributed by atoms with van der Waals surface area (Å²) < 4.78 is 10.6. The molecule has 2 aromatic carbocycles. The van der Waals surface area contributed by atoms with Gasteiger partial charge in [-0.15, -0.1) is 0 Å². The number of hydrogen-bond acceptors (Lipinski definition) is 4. The number of methoxy groups -OCH3 is 2. The number of halogens is 1. The molecule has 0 aromatic heterocycles. The Balaban J connectivity index is 1.78. The van der Waals surface area contributed by atoms with Gasteiger partial charge in [0.2, 0.25) is 0 Å². The van der Waals surface area contributed by atoms with Gasteiger partial charge in [-0.3, -0.25) is 9.59 Å². The number of amides is 2. The Morgan fingerprint density at radius 3 is 2.47 bits per heavy atom. The van der Waals surface area contributed by atoms with Gasteiger partial charge in [-0.1, -0.05) is 36.9 Å². The zero-order chi connectivity index (χ0) is 21.5. The largest absolute Gasteiger partial charge is 0.493 e. The third-order valence-corrected chi connectivity index (χ3v) is 5.63. The van der Waals surface area contributed by atoms with Crippen molar-refractivity contribution in [3.63, 3.8) is 0 Å². The van der Waals surface area contributed by atoms with Crippen LogP contribution in [0.3, 0.4) is 0 Å². The number of hydrogen-bond donors (Lipinski definition) is 2. The molecule has 0 saturated heterocycles. The molecule has 1 aliphatic carbocycles. The summed E-state index contributed by atoms with van der Waals surface area (Å²) in [6.07, 6.45) is 5.95. The van der Waals surface area contributed by atoms with E-state index in [1.807, 2.05) is 0 Å². The average molecular weight is 431 g/mol. The fourth-order valence-corrected chi connectivity index (χ4v) is 3.96. The van der Waals surface area contributed by atoms with Gasteiger partial charge in [0, 0.05) is 11.6 Å². The average Bonchev–Trinajstić information content (AvgIpc) is 2.78. The number of para-hydroxylation sites is 1. The number of carbonyl (C=O) groups excluding carboxylic acids is 2. The smallest absolute Gasteiger partial charge is 0.259 e. The molecule has 1 fully saturated rings. The van der Waals surface area contributed by atoms with E-state index in [1.54, 1.807) is 36.4 Å². The van der Waals surface area contributed by atoms with Crippen molar-refractivity contribution in [3.05, 3.63) is 52.5 Å². The lowest BCUT2D eigenvalue weighted by atomic mass is 9.89. The first-order chi connectivity index (χ1) is 14.5. The molecule has 7 heteroatoms. The van der Waals surface area contributed by atoms with Gasteiger partial charge in [-0.25, -0.2) is 0 Å². The molecule has 0 unspecified atom stereocenters. The Bertz CT molecular complexity index is 910. The van der Waals surface area contributed by atoms with Crippen molar-refractivity contribution in [3.8, 4) is 11.5 Å². The van der Waals surface area contributed by atoms with E-state index in [-0.39, 0.29) is 5.91 Å². The molecule has 6 nitrogen and oxygen atoms in total. The minimum atomic E-state index is -0.408. The van der Waals surface area contributed by atoms with Crippen molar-refractivity contribution in [2.75, 3.05) is 26.1 Å². The molecular weight excluding hydrogens is 404 g/mol. The van der Waals surface area contributed by atoms with E-state index in [0.29, 0.717) is 45.8 Å². The Kier molecular flexibility index (Phi) is 7.57. The highest BCUT2D eigenvalue weighted by atomic mass is 35.5. The second-order valence-corrected chi connectivity index (χ2v) is 7.84. The van der Waals surface area contributed by atoms with Gasteiger partial charge in [0.15, 0.2) is 11.5 Å². The maximum Gasteiger partial charge on any atom is 0.259 e. The SMILES string of the molecule is COc1cccc(C(=O)Nc2ccc(Cl)cc2C(=O)NCC2CCCCC2)c1OC. The minimum Gasteiger partial charge on any atom is -0.493 e. The van der Waals surface area contributed by atoms with E-state index in [9.17, 15) is 9.59 Å². The Morgan fingerprint density at radius 1 is 1.00 bits per heavy atom. The molecule has 2 amide bonds. The summed E-state index contributed by atoms with van der Waals surface area (Å²) in [6.45, 7) is 0.627. The van der Waals surface area contributed by atoms with E-state index in [4.69, 9.17) is 21.1 Å². The van der Waals surface area contributed by atoms with Gasteiger partial charge in [-0.2, -0.15) is 0 Å². The zero-order valence-corrected chi connectivity index (χ0v) is 18.1. The van der Waals surface area contributed by atoms with Crippen LogP contribution in [0.4, 0.5) is 5.69 Å². The fraction of sp³-hybridized carbons (Fsp3) is 0.391. The third-order valence-electron chi connectivity index (χ3n) is 5.40. The predicted octanol–water partition coefficient (Wildman–Crippen LogP) is 4.92. The molecular formula is C23H27ClN2O4. The molecule has 2 N–H and O–H groups in total. The van der Waals surface area contributed by atoms with E-state index in [0.717, 1.165) is 12.8 Å². The molecule has 0 heterocycles. The molecule has 0 aliphatic heterocycles. The van der Waals surface area contributed by atoms with Crippen molar-refractivity contribution in [2.24, 2.45) is 5.92 Å². The topological polar surface area (TPSA) is 76.7 Å². The van der Waals surface area contributed by atoms with Crippen LogP contribution in [0.15, 0.2) is 36.4 Å². The van der Waals surface area contributed by atoms with E-state index < -0.39 is 5.91 Å². The molecule has 0 spiro atoms.